The molecule has 0 aliphatic carbocycles. The van der Waals surface area contributed by atoms with E-state index in [1.807, 2.05) is 0 Å². The minimum absolute atomic E-state index is 0.454. The van der Waals surface area contributed by atoms with E-state index in [0.29, 0.717) is 3.93 Å². The van der Waals surface area contributed by atoms with E-state index >= 15 is 0 Å². The van der Waals surface area contributed by atoms with Gasteiger partial charge in [-0.2, -0.15) is 0 Å². The standard InChI is InChI=1S/3C4H9O.C4H9.Sn/c3*1-2-3-4-5;1-3-4-2;/h3*2-4H2,1H3;3H,4H2,1-2H3;/q3*-1;;+3. The Morgan fingerprint density at radius 1 is 0.700 bits per heavy atom. The van der Waals surface area contributed by atoms with Crippen LogP contribution in [0.4, 0.5) is 0 Å². The molecule has 0 N–H and O–H groups in total. The Morgan fingerprint density at radius 3 is 1.30 bits per heavy atom. The van der Waals surface area contributed by atoms with Crippen molar-refractivity contribution in [2.75, 3.05) is 19.8 Å². The first kappa shape index (κ1) is 20.7. The molecule has 0 aromatic carbocycles. The van der Waals surface area contributed by atoms with Crippen LogP contribution < -0.4 is 0 Å². The number of hydrogen-bond donors (Lipinski definition) is 0. The summed E-state index contributed by atoms with van der Waals surface area (Å²) in [5.74, 6) is 0. The molecular formula is C16H36O3Sn. The van der Waals surface area contributed by atoms with Crippen molar-refractivity contribution < 1.29 is 9.22 Å². The van der Waals surface area contributed by atoms with E-state index in [1.165, 1.54) is 0 Å². The molecule has 0 aromatic rings. The maximum absolute atomic E-state index is 6.28. The van der Waals surface area contributed by atoms with Crippen LogP contribution in [-0.2, 0) is 9.22 Å². The molecule has 0 aliphatic rings. The van der Waals surface area contributed by atoms with Gasteiger partial charge in [-0.3, -0.25) is 0 Å². The summed E-state index contributed by atoms with van der Waals surface area (Å²) in [5.41, 5.74) is 0. The van der Waals surface area contributed by atoms with E-state index in [0.717, 1.165) is 64.8 Å². The van der Waals surface area contributed by atoms with Gasteiger partial charge in [-0.15, -0.1) is 0 Å². The quantitative estimate of drug-likeness (QED) is 0.300. The van der Waals surface area contributed by atoms with Crippen LogP contribution in [0, 0.1) is 0 Å². The van der Waals surface area contributed by atoms with Crippen molar-refractivity contribution in [1.82, 2.24) is 0 Å². The average Bonchev–Trinajstić information content (AvgIpc) is 2.46. The fourth-order valence-corrected chi connectivity index (χ4v) is 10.1. The summed E-state index contributed by atoms with van der Waals surface area (Å²) < 4.78 is 19.3. The van der Waals surface area contributed by atoms with E-state index in [1.54, 1.807) is 0 Å². The molecule has 3 nitrogen and oxygen atoms in total. The topological polar surface area (TPSA) is 27.7 Å². The maximum atomic E-state index is 6.28. The Morgan fingerprint density at radius 2 is 1.05 bits per heavy atom. The van der Waals surface area contributed by atoms with Gasteiger partial charge in [0.1, 0.15) is 0 Å². The molecule has 0 heterocycles. The molecule has 20 heavy (non-hydrogen) atoms. The summed E-state index contributed by atoms with van der Waals surface area (Å²) in [6.07, 6.45) is 7.86. The predicted molar refractivity (Wildman–Crippen MR) is 88.0 cm³/mol. The number of hydrogen-bond acceptors (Lipinski definition) is 3. The molecule has 0 radical (unpaired) electrons. The fraction of sp³-hybridized carbons (Fsp3) is 1.00. The van der Waals surface area contributed by atoms with Crippen molar-refractivity contribution >= 4 is 19.6 Å². The predicted octanol–water partition coefficient (Wildman–Crippen LogP) is 5.18. The van der Waals surface area contributed by atoms with Gasteiger partial charge in [-0.05, 0) is 0 Å². The van der Waals surface area contributed by atoms with E-state index in [2.05, 4.69) is 34.6 Å². The van der Waals surface area contributed by atoms with E-state index < -0.39 is 19.6 Å². The molecule has 0 amide bonds. The first-order valence-electron chi connectivity index (χ1n) is 8.58. The van der Waals surface area contributed by atoms with Gasteiger partial charge in [-0.25, -0.2) is 0 Å². The molecule has 0 fully saturated rings. The molecule has 0 saturated heterocycles. The van der Waals surface area contributed by atoms with Gasteiger partial charge in [0.25, 0.3) is 0 Å². The Bertz CT molecular complexity index is 185. The number of unbranched alkanes of at least 4 members (excludes halogenated alkanes) is 3. The second kappa shape index (κ2) is 13.3. The normalized spacial score (nSPS) is 13.7. The summed E-state index contributed by atoms with van der Waals surface area (Å²) in [4.78, 5) is 0. The molecular weight excluding hydrogens is 359 g/mol. The summed E-state index contributed by atoms with van der Waals surface area (Å²) in [6, 6.07) is 0. The van der Waals surface area contributed by atoms with Crippen LogP contribution in [0.3, 0.4) is 0 Å². The van der Waals surface area contributed by atoms with Gasteiger partial charge in [0.15, 0.2) is 0 Å². The molecule has 0 aliphatic heterocycles. The first-order valence-corrected chi connectivity index (χ1v) is 13.7. The van der Waals surface area contributed by atoms with Gasteiger partial charge >= 0.3 is 132 Å². The molecule has 122 valence electrons. The van der Waals surface area contributed by atoms with Crippen molar-refractivity contribution in [2.24, 2.45) is 0 Å². The molecule has 0 saturated carbocycles. The van der Waals surface area contributed by atoms with Crippen LogP contribution in [0.25, 0.3) is 0 Å². The second-order valence-corrected chi connectivity index (χ2v) is 14.2. The van der Waals surface area contributed by atoms with Crippen LogP contribution >= 0.6 is 0 Å². The van der Waals surface area contributed by atoms with Crippen molar-refractivity contribution in [3.63, 3.8) is 0 Å². The van der Waals surface area contributed by atoms with Crippen LogP contribution in [0.2, 0.25) is 3.93 Å². The van der Waals surface area contributed by atoms with Crippen LogP contribution in [0.5, 0.6) is 0 Å². The third-order valence-electron chi connectivity index (χ3n) is 3.62. The van der Waals surface area contributed by atoms with Crippen LogP contribution in [0.15, 0.2) is 0 Å². The van der Waals surface area contributed by atoms with E-state index in [9.17, 15) is 0 Å². The van der Waals surface area contributed by atoms with Crippen LogP contribution in [-0.4, -0.2) is 39.4 Å². The van der Waals surface area contributed by atoms with Gasteiger partial charge in [0.2, 0.25) is 0 Å². The molecule has 0 bridgehead atoms. The van der Waals surface area contributed by atoms with Crippen molar-refractivity contribution in [3.8, 4) is 0 Å². The summed E-state index contributed by atoms with van der Waals surface area (Å²) in [5, 5.41) is 0. The molecule has 0 aromatic heterocycles. The molecule has 0 rings (SSSR count). The van der Waals surface area contributed by atoms with Gasteiger partial charge in [0.05, 0.1) is 0 Å². The average molecular weight is 395 g/mol. The van der Waals surface area contributed by atoms with Gasteiger partial charge in [0, 0.05) is 0 Å². The SMILES string of the molecule is CCCC[O][Sn]([O]CCCC)([O]CCCC)[CH](C)CC. The zero-order valence-electron chi connectivity index (χ0n) is 14.4. The molecule has 4 heteroatoms. The minimum atomic E-state index is -3.37. The Balaban J connectivity index is 4.66. The first-order chi connectivity index (χ1) is 9.66. The third kappa shape index (κ3) is 8.20. The third-order valence-corrected chi connectivity index (χ3v) is 13.4. The Hall–Kier alpha value is 0.679. The van der Waals surface area contributed by atoms with E-state index in [-0.39, 0.29) is 0 Å². The molecule has 0 spiro atoms. The van der Waals surface area contributed by atoms with Gasteiger partial charge in [-0.1, -0.05) is 0 Å². The Labute approximate surface area is 132 Å². The summed E-state index contributed by atoms with van der Waals surface area (Å²) in [6.45, 7) is 13.4. The number of rotatable bonds is 14. The van der Waals surface area contributed by atoms with Crippen molar-refractivity contribution in [2.45, 2.75) is 83.5 Å². The van der Waals surface area contributed by atoms with Crippen molar-refractivity contribution in [1.29, 1.82) is 0 Å². The zero-order valence-corrected chi connectivity index (χ0v) is 17.2. The molecule has 1 atom stereocenters. The zero-order chi connectivity index (χ0) is 15.3. The summed E-state index contributed by atoms with van der Waals surface area (Å²) >= 11 is -3.37. The van der Waals surface area contributed by atoms with Crippen molar-refractivity contribution in [3.05, 3.63) is 0 Å². The monoisotopic (exact) mass is 396 g/mol. The Kier molecular flexibility index (Phi) is 13.8. The second-order valence-electron chi connectivity index (χ2n) is 5.52. The molecule has 1 unspecified atom stereocenters. The van der Waals surface area contributed by atoms with Crippen LogP contribution in [0.1, 0.15) is 79.6 Å². The van der Waals surface area contributed by atoms with Gasteiger partial charge < -0.3 is 0 Å². The summed E-state index contributed by atoms with van der Waals surface area (Å²) in [7, 11) is 0. The fourth-order valence-electron chi connectivity index (χ4n) is 1.88. The van der Waals surface area contributed by atoms with E-state index in [4.69, 9.17) is 9.22 Å².